The van der Waals surface area contributed by atoms with Crippen molar-refractivity contribution in [2.24, 2.45) is 0 Å². The summed E-state index contributed by atoms with van der Waals surface area (Å²) < 4.78 is 8.73. The van der Waals surface area contributed by atoms with Crippen molar-refractivity contribution < 1.29 is 9.53 Å². The van der Waals surface area contributed by atoms with Gasteiger partial charge in [0.1, 0.15) is 5.60 Å². The number of ether oxygens (including phenoxy) is 1. The van der Waals surface area contributed by atoms with E-state index >= 15 is 0 Å². The Labute approximate surface area is 144 Å². The van der Waals surface area contributed by atoms with Gasteiger partial charge in [-0.25, -0.2) is 9.78 Å². The van der Waals surface area contributed by atoms with E-state index in [2.05, 4.69) is 31.5 Å². The van der Waals surface area contributed by atoms with Gasteiger partial charge in [0.25, 0.3) is 0 Å². The Morgan fingerprint density at radius 1 is 1.30 bits per heavy atom. The molecule has 5 nitrogen and oxygen atoms in total. The van der Waals surface area contributed by atoms with Crippen LogP contribution in [0.2, 0.25) is 0 Å². The van der Waals surface area contributed by atoms with Gasteiger partial charge in [-0.2, -0.15) is 0 Å². The minimum Gasteiger partial charge on any atom is -0.444 e. The molecule has 0 bridgehead atoms. The molecule has 1 aliphatic rings. The summed E-state index contributed by atoms with van der Waals surface area (Å²) in [5.74, 6) is 0. The second kappa shape index (κ2) is 6.15. The normalized spacial score (nSPS) is 16.8. The highest BCUT2D eigenvalue weighted by Gasteiger charge is 2.28. The number of carbonyl (C=O) groups is 1. The maximum atomic E-state index is 12.1. The Morgan fingerprint density at radius 3 is 2.65 bits per heavy atom. The number of hydrogen-bond acceptors (Lipinski definition) is 3. The molecule has 0 atom stereocenters. The maximum absolute atomic E-state index is 12.1. The van der Waals surface area contributed by atoms with Crippen molar-refractivity contribution >= 4 is 33.1 Å². The number of amides is 1. The highest BCUT2D eigenvalue weighted by Crippen LogP contribution is 2.28. The number of likely N-dealkylation sites (tertiary alicyclic amines) is 1. The van der Waals surface area contributed by atoms with Gasteiger partial charge in [0.2, 0.25) is 0 Å². The van der Waals surface area contributed by atoms with E-state index in [0.717, 1.165) is 28.3 Å². The molecule has 0 spiro atoms. The second-order valence-electron chi connectivity index (χ2n) is 6.98. The number of benzene rings is 1. The molecule has 2 aromatic rings. The molecule has 1 fully saturated rings. The molecule has 0 radical (unpaired) electrons. The molecule has 23 heavy (non-hydrogen) atoms. The third-order valence-electron chi connectivity index (χ3n) is 4.05. The standard InChI is InChI=1S/C17H22BrN3O2/c1-17(2,3)23-16(22)20-8-6-13(7-9-20)21-11-19-14-5-4-12(18)10-15(14)21/h4-5,10-11,13H,6-9H2,1-3H3. The summed E-state index contributed by atoms with van der Waals surface area (Å²) in [7, 11) is 0. The predicted molar refractivity (Wildman–Crippen MR) is 93.5 cm³/mol. The van der Waals surface area contributed by atoms with E-state index in [1.165, 1.54) is 0 Å². The lowest BCUT2D eigenvalue weighted by Gasteiger charge is -2.34. The smallest absolute Gasteiger partial charge is 0.410 e. The molecule has 6 heteroatoms. The molecule has 0 saturated carbocycles. The average Bonchev–Trinajstić information content (AvgIpc) is 2.88. The van der Waals surface area contributed by atoms with E-state index < -0.39 is 5.60 Å². The molecule has 2 heterocycles. The number of nitrogens with zero attached hydrogens (tertiary/aromatic N) is 3. The van der Waals surface area contributed by atoms with Gasteiger partial charge in [0, 0.05) is 23.6 Å². The number of hydrogen-bond donors (Lipinski definition) is 0. The fourth-order valence-corrected chi connectivity index (χ4v) is 3.29. The van der Waals surface area contributed by atoms with Crippen LogP contribution in [0, 0.1) is 0 Å². The van der Waals surface area contributed by atoms with Crippen molar-refractivity contribution in [3.63, 3.8) is 0 Å². The van der Waals surface area contributed by atoms with Crippen molar-refractivity contribution in [2.75, 3.05) is 13.1 Å². The van der Waals surface area contributed by atoms with Gasteiger partial charge in [-0.05, 0) is 51.8 Å². The first kappa shape index (κ1) is 16.3. The number of piperidine rings is 1. The van der Waals surface area contributed by atoms with Gasteiger partial charge in [-0.1, -0.05) is 15.9 Å². The number of aromatic nitrogens is 2. The van der Waals surface area contributed by atoms with E-state index in [-0.39, 0.29) is 6.09 Å². The molecule has 3 rings (SSSR count). The molecule has 1 amide bonds. The first-order valence-electron chi connectivity index (χ1n) is 7.93. The first-order chi connectivity index (χ1) is 10.8. The van der Waals surface area contributed by atoms with Gasteiger partial charge in [-0.15, -0.1) is 0 Å². The van der Waals surface area contributed by atoms with E-state index in [4.69, 9.17) is 4.74 Å². The molecule has 1 aliphatic heterocycles. The van der Waals surface area contributed by atoms with Gasteiger partial charge in [0.15, 0.2) is 0 Å². The fraction of sp³-hybridized carbons (Fsp3) is 0.529. The van der Waals surface area contributed by atoms with Crippen molar-refractivity contribution in [3.8, 4) is 0 Å². The highest BCUT2D eigenvalue weighted by molar-refractivity contribution is 9.10. The summed E-state index contributed by atoms with van der Waals surface area (Å²) in [5, 5.41) is 0. The van der Waals surface area contributed by atoms with E-state index in [1.807, 2.05) is 39.2 Å². The molecule has 0 aliphatic carbocycles. The molecule has 0 N–H and O–H groups in total. The Morgan fingerprint density at radius 2 is 2.00 bits per heavy atom. The summed E-state index contributed by atoms with van der Waals surface area (Å²) in [6, 6.07) is 6.49. The first-order valence-corrected chi connectivity index (χ1v) is 8.73. The highest BCUT2D eigenvalue weighted by atomic mass is 79.9. The summed E-state index contributed by atoms with van der Waals surface area (Å²) in [6.07, 6.45) is 3.52. The largest absolute Gasteiger partial charge is 0.444 e. The number of fused-ring (bicyclic) bond motifs is 1. The van der Waals surface area contributed by atoms with Crippen LogP contribution in [0.15, 0.2) is 29.0 Å². The third-order valence-corrected chi connectivity index (χ3v) is 4.54. The van der Waals surface area contributed by atoms with Gasteiger partial charge in [-0.3, -0.25) is 0 Å². The Bertz CT molecular complexity index is 712. The summed E-state index contributed by atoms with van der Waals surface area (Å²) in [6.45, 7) is 7.12. The van der Waals surface area contributed by atoms with Crippen LogP contribution in [0.4, 0.5) is 4.79 Å². The van der Waals surface area contributed by atoms with E-state index in [1.54, 1.807) is 4.90 Å². The van der Waals surface area contributed by atoms with Crippen LogP contribution in [0.25, 0.3) is 11.0 Å². The molecule has 1 saturated heterocycles. The Balaban J connectivity index is 1.69. The lowest BCUT2D eigenvalue weighted by atomic mass is 10.0. The van der Waals surface area contributed by atoms with Crippen LogP contribution in [0.5, 0.6) is 0 Å². The SMILES string of the molecule is CC(C)(C)OC(=O)N1CCC(n2cnc3ccc(Br)cc32)CC1. The molecule has 1 aromatic heterocycles. The fourth-order valence-electron chi connectivity index (χ4n) is 2.94. The van der Waals surface area contributed by atoms with Crippen molar-refractivity contribution in [2.45, 2.75) is 45.3 Å². The van der Waals surface area contributed by atoms with Crippen LogP contribution in [0.1, 0.15) is 39.7 Å². The summed E-state index contributed by atoms with van der Waals surface area (Å²) in [5.41, 5.74) is 1.69. The lowest BCUT2D eigenvalue weighted by molar-refractivity contribution is 0.0189. The van der Waals surface area contributed by atoms with Crippen molar-refractivity contribution in [3.05, 3.63) is 29.0 Å². The molecular formula is C17H22BrN3O2. The summed E-state index contributed by atoms with van der Waals surface area (Å²) in [4.78, 5) is 18.4. The van der Waals surface area contributed by atoms with Crippen LogP contribution in [-0.4, -0.2) is 39.2 Å². The van der Waals surface area contributed by atoms with Gasteiger partial charge >= 0.3 is 6.09 Å². The minimum atomic E-state index is -0.444. The zero-order valence-electron chi connectivity index (χ0n) is 13.8. The summed E-state index contributed by atoms with van der Waals surface area (Å²) >= 11 is 3.52. The number of halogens is 1. The topological polar surface area (TPSA) is 47.4 Å². The lowest BCUT2D eigenvalue weighted by Crippen LogP contribution is -2.42. The van der Waals surface area contributed by atoms with Crippen LogP contribution >= 0.6 is 15.9 Å². The quantitative estimate of drug-likeness (QED) is 0.738. The van der Waals surface area contributed by atoms with Gasteiger partial charge in [0.05, 0.1) is 17.4 Å². The average molecular weight is 380 g/mol. The zero-order chi connectivity index (χ0) is 16.6. The van der Waals surface area contributed by atoms with Crippen LogP contribution in [-0.2, 0) is 4.74 Å². The van der Waals surface area contributed by atoms with Crippen molar-refractivity contribution in [1.82, 2.24) is 14.5 Å². The Hall–Kier alpha value is -1.56. The molecular weight excluding hydrogens is 358 g/mol. The monoisotopic (exact) mass is 379 g/mol. The van der Waals surface area contributed by atoms with Crippen molar-refractivity contribution in [1.29, 1.82) is 0 Å². The molecule has 1 aromatic carbocycles. The number of imidazole rings is 1. The van der Waals surface area contributed by atoms with E-state index in [9.17, 15) is 4.79 Å². The van der Waals surface area contributed by atoms with Gasteiger partial charge < -0.3 is 14.2 Å². The number of carbonyl (C=O) groups excluding carboxylic acids is 1. The molecule has 0 unspecified atom stereocenters. The minimum absolute atomic E-state index is 0.214. The second-order valence-corrected chi connectivity index (χ2v) is 7.90. The van der Waals surface area contributed by atoms with E-state index in [0.29, 0.717) is 19.1 Å². The molecule has 124 valence electrons. The van der Waals surface area contributed by atoms with Crippen LogP contribution < -0.4 is 0 Å². The Kier molecular flexibility index (Phi) is 4.36. The van der Waals surface area contributed by atoms with Crippen LogP contribution in [0.3, 0.4) is 0 Å². The predicted octanol–water partition coefficient (Wildman–Crippen LogP) is 4.37. The third kappa shape index (κ3) is 3.68. The maximum Gasteiger partial charge on any atom is 0.410 e. The zero-order valence-corrected chi connectivity index (χ0v) is 15.3. The number of rotatable bonds is 1.